The molecule has 1 N–H and O–H groups in total. The lowest BCUT2D eigenvalue weighted by molar-refractivity contribution is 0.199. The highest BCUT2D eigenvalue weighted by Gasteiger charge is 2.15. The first-order chi connectivity index (χ1) is 8.56. The molecule has 2 nitrogen and oxygen atoms in total. The standard InChI is InChI=1S/C16H28N2/c1-13(2)14(3)18(5)12-11-16(17-4)15-9-7-6-8-10-15/h6-10,13-14,16-17H,11-12H2,1-5H3. The van der Waals surface area contributed by atoms with Gasteiger partial charge in [-0.15, -0.1) is 0 Å². The van der Waals surface area contributed by atoms with E-state index in [1.54, 1.807) is 0 Å². The molecule has 0 saturated heterocycles. The molecule has 2 heteroatoms. The average molecular weight is 248 g/mol. The lowest BCUT2D eigenvalue weighted by Crippen LogP contribution is -2.35. The summed E-state index contributed by atoms with van der Waals surface area (Å²) < 4.78 is 0. The van der Waals surface area contributed by atoms with Gasteiger partial charge in [-0.05, 0) is 45.5 Å². The highest BCUT2D eigenvalue weighted by molar-refractivity contribution is 5.18. The molecular weight excluding hydrogens is 220 g/mol. The van der Waals surface area contributed by atoms with Crippen LogP contribution in [0, 0.1) is 5.92 Å². The molecule has 2 unspecified atom stereocenters. The van der Waals surface area contributed by atoms with Crippen LogP contribution in [0.3, 0.4) is 0 Å². The van der Waals surface area contributed by atoms with E-state index in [1.807, 2.05) is 7.05 Å². The number of nitrogens with zero attached hydrogens (tertiary/aromatic N) is 1. The molecule has 0 saturated carbocycles. The normalized spacial score (nSPS) is 15.1. The molecule has 0 aliphatic carbocycles. The van der Waals surface area contributed by atoms with E-state index in [-0.39, 0.29) is 0 Å². The van der Waals surface area contributed by atoms with Gasteiger partial charge in [0.2, 0.25) is 0 Å². The third-order valence-corrected chi connectivity index (χ3v) is 3.98. The van der Waals surface area contributed by atoms with Crippen LogP contribution in [-0.4, -0.2) is 31.6 Å². The predicted octanol–water partition coefficient (Wildman–Crippen LogP) is 3.31. The second-order valence-corrected chi connectivity index (χ2v) is 5.51. The van der Waals surface area contributed by atoms with Crippen molar-refractivity contribution in [3.8, 4) is 0 Å². The van der Waals surface area contributed by atoms with Crippen LogP contribution in [0.25, 0.3) is 0 Å². The maximum Gasteiger partial charge on any atom is 0.0329 e. The number of hydrogen-bond donors (Lipinski definition) is 1. The summed E-state index contributed by atoms with van der Waals surface area (Å²) in [7, 11) is 4.27. The van der Waals surface area contributed by atoms with Gasteiger partial charge in [0.25, 0.3) is 0 Å². The van der Waals surface area contributed by atoms with Crippen LogP contribution < -0.4 is 5.32 Å². The van der Waals surface area contributed by atoms with E-state index in [0.29, 0.717) is 18.0 Å². The van der Waals surface area contributed by atoms with Crippen molar-refractivity contribution in [1.82, 2.24) is 10.2 Å². The molecule has 0 radical (unpaired) electrons. The molecule has 0 fully saturated rings. The minimum Gasteiger partial charge on any atom is -0.313 e. The Morgan fingerprint density at radius 3 is 2.22 bits per heavy atom. The van der Waals surface area contributed by atoms with E-state index in [9.17, 15) is 0 Å². The number of benzene rings is 1. The maximum atomic E-state index is 3.42. The van der Waals surface area contributed by atoms with Crippen molar-refractivity contribution in [3.05, 3.63) is 35.9 Å². The lowest BCUT2D eigenvalue weighted by Gasteiger charge is -2.29. The summed E-state index contributed by atoms with van der Waals surface area (Å²) in [6, 6.07) is 11.8. The van der Waals surface area contributed by atoms with Gasteiger partial charge in [0.15, 0.2) is 0 Å². The molecule has 0 bridgehead atoms. The van der Waals surface area contributed by atoms with Crippen LogP contribution in [-0.2, 0) is 0 Å². The highest BCUT2D eigenvalue weighted by Crippen LogP contribution is 2.17. The van der Waals surface area contributed by atoms with Crippen LogP contribution in [0.15, 0.2) is 30.3 Å². The molecule has 2 atom stereocenters. The summed E-state index contributed by atoms with van der Waals surface area (Å²) in [6.07, 6.45) is 1.15. The van der Waals surface area contributed by atoms with Crippen LogP contribution in [0.5, 0.6) is 0 Å². The Morgan fingerprint density at radius 2 is 1.72 bits per heavy atom. The van der Waals surface area contributed by atoms with Crippen molar-refractivity contribution >= 4 is 0 Å². The predicted molar refractivity (Wildman–Crippen MR) is 79.8 cm³/mol. The Kier molecular flexibility index (Phi) is 6.37. The molecule has 0 aliphatic rings. The van der Waals surface area contributed by atoms with Crippen molar-refractivity contribution in [3.63, 3.8) is 0 Å². The van der Waals surface area contributed by atoms with Gasteiger partial charge in [-0.2, -0.15) is 0 Å². The summed E-state index contributed by atoms with van der Waals surface area (Å²) in [5.74, 6) is 0.708. The van der Waals surface area contributed by atoms with Crippen LogP contribution in [0.1, 0.15) is 38.8 Å². The van der Waals surface area contributed by atoms with Gasteiger partial charge in [-0.25, -0.2) is 0 Å². The molecule has 0 aromatic heterocycles. The smallest absolute Gasteiger partial charge is 0.0329 e. The minimum absolute atomic E-state index is 0.452. The molecule has 0 spiro atoms. The summed E-state index contributed by atoms with van der Waals surface area (Å²) in [5.41, 5.74) is 1.38. The topological polar surface area (TPSA) is 15.3 Å². The second-order valence-electron chi connectivity index (χ2n) is 5.51. The molecule has 102 valence electrons. The Balaban J connectivity index is 2.50. The first kappa shape index (κ1) is 15.2. The zero-order chi connectivity index (χ0) is 13.5. The number of rotatable bonds is 7. The summed E-state index contributed by atoms with van der Waals surface area (Å²) >= 11 is 0. The third-order valence-electron chi connectivity index (χ3n) is 3.98. The van der Waals surface area contributed by atoms with Crippen LogP contribution in [0.2, 0.25) is 0 Å². The van der Waals surface area contributed by atoms with Gasteiger partial charge in [0, 0.05) is 12.1 Å². The molecule has 0 heterocycles. The van der Waals surface area contributed by atoms with Gasteiger partial charge in [-0.1, -0.05) is 44.2 Å². The first-order valence-corrected chi connectivity index (χ1v) is 6.98. The number of hydrogen-bond acceptors (Lipinski definition) is 2. The molecular formula is C16H28N2. The van der Waals surface area contributed by atoms with Crippen molar-refractivity contribution in [2.24, 2.45) is 5.92 Å². The monoisotopic (exact) mass is 248 g/mol. The third kappa shape index (κ3) is 4.43. The lowest BCUT2D eigenvalue weighted by atomic mass is 10.0. The Bertz CT molecular complexity index is 321. The van der Waals surface area contributed by atoms with E-state index in [4.69, 9.17) is 0 Å². The Labute approximate surface area is 112 Å². The fourth-order valence-corrected chi connectivity index (χ4v) is 2.21. The highest BCUT2D eigenvalue weighted by atomic mass is 15.1. The maximum absolute atomic E-state index is 3.42. The number of nitrogens with one attached hydrogen (secondary N) is 1. The van der Waals surface area contributed by atoms with E-state index in [0.717, 1.165) is 13.0 Å². The van der Waals surface area contributed by atoms with E-state index in [2.05, 4.69) is 68.4 Å². The van der Waals surface area contributed by atoms with Gasteiger partial charge in [-0.3, -0.25) is 0 Å². The van der Waals surface area contributed by atoms with E-state index < -0.39 is 0 Å². The SMILES string of the molecule is CNC(CCN(C)C(C)C(C)C)c1ccccc1. The van der Waals surface area contributed by atoms with Gasteiger partial charge >= 0.3 is 0 Å². The molecule has 18 heavy (non-hydrogen) atoms. The summed E-state index contributed by atoms with van der Waals surface area (Å²) in [4.78, 5) is 2.46. The van der Waals surface area contributed by atoms with Crippen LogP contribution in [0.4, 0.5) is 0 Å². The van der Waals surface area contributed by atoms with Crippen LogP contribution >= 0.6 is 0 Å². The van der Waals surface area contributed by atoms with Gasteiger partial charge in [0.05, 0.1) is 0 Å². The molecule has 0 aliphatic heterocycles. The molecule has 1 aromatic carbocycles. The summed E-state index contributed by atoms with van der Waals surface area (Å²) in [5, 5.41) is 3.42. The van der Waals surface area contributed by atoms with Crippen molar-refractivity contribution in [2.75, 3.05) is 20.6 Å². The quantitative estimate of drug-likeness (QED) is 0.796. The molecule has 1 aromatic rings. The first-order valence-electron chi connectivity index (χ1n) is 6.98. The fourth-order valence-electron chi connectivity index (χ4n) is 2.21. The summed E-state index contributed by atoms with van der Waals surface area (Å²) in [6.45, 7) is 8.00. The second kappa shape index (κ2) is 7.55. The van der Waals surface area contributed by atoms with Crippen molar-refractivity contribution < 1.29 is 0 Å². The largest absolute Gasteiger partial charge is 0.313 e. The molecule has 0 amide bonds. The zero-order valence-corrected chi connectivity index (χ0v) is 12.5. The Morgan fingerprint density at radius 1 is 1.11 bits per heavy atom. The van der Waals surface area contributed by atoms with Gasteiger partial charge in [0.1, 0.15) is 0 Å². The zero-order valence-electron chi connectivity index (χ0n) is 12.5. The fraction of sp³-hybridized carbons (Fsp3) is 0.625. The van der Waals surface area contributed by atoms with E-state index in [1.165, 1.54) is 5.56 Å². The van der Waals surface area contributed by atoms with Gasteiger partial charge < -0.3 is 10.2 Å². The molecule has 1 rings (SSSR count). The van der Waals surface area contributed by atoms with Crippen molar-refractivity contribution in [2.45, 2.75) is 39.3 Å². The minimum atomic E-state index is 0.452. The van der Waals surface area contributed by atoms with E-state index >= 15 is 0 Å². The Hall–Kier alpha value is -0.860. The van der Waals surface area contributed by atoms with Crippen molar-refractivity contribution in [1.29, 1.82) is 0 Å². The average Bonchev–Trinajstić information content (AvgIpc) is 2.39.